The number of rotatable bonds is 3. The maximum Gasteiger partial charge on any atom is 0.349 e. The zero-order chi connectivity index (χ0) is 20.5. The summed E-state index contributed by atoms with van der Waals surface area (Å²) < 4.78 is 42.8. The number of amides is 1. The predicted molar refractivity (Wildman–Crippen MR) is 105 cm³/mol. The third-order valence-electron chi connectivity index (χ3n) is 6.61. The van der Waals surface area contributed by atoms with Gasteiger partial charge >= 0.3 is 5.92 Å². The summed E-state index contributed by atoms with van der Waals surface area (Å²) in [5.74, 6) is -4.72. The minimum absolute atomic E-state index is 0.0537. The highest BCUT2D eigenvalue weighted by atomic mass is 19.3. The van der Waals surface area contributed by atoms with Crippen molar-refractivity contribution >= 4 is 5.91 Å². The monoisotopic (exact) mass is 402 g/mol. The molecule has 2 aliphatic heterocycles. The molecule has 0 radical (unpaired) electrons. The fraction of sp³-hybridized carbons (Fsp3) is 0.435. The highest BCUT2D eigenvalue weighted by Crippen LogP contribution is 2.49. The third kappa shape index (κ3) is 3.78. The molecule has 1 amide bonds. The molecule has 0 saturated carbocycles. The van der Waals surface area contributed by atoms with Crippen LogP contribution in [0, 0.1) is 11.2 Å². The van der Waals surface area contributed by atoms with Crippen LogP contribution >= 0.6 is 0 Å². The van der Waals surface area contributed by atoms with Crippen LogP contribution in [0.2, 0.25) is 0 Å². The Labute approximate surface area is 168 Å². The fourth-order valence-corrected chi connectivity index (χ4v) is 4.86. The number of nitrogens with one attached hydrogen (secondary N) is 1. The van der Waals surface area contributed by atoms with Gasteiger partial charge < -0.3 is 10.2 Å². The Kier molecular flexibility index (Phi) is 5.38. The summed E-state index contributed by atoms with van der Waals surface area (Å²) in [6.45, 7) is 2.28. The molecule has 0 bridgehead atoms. The van der Waals surface area contributed by atoms with E-state index in [1.807, 2.05) is 12.1 Å². The Morgan fingerprint density at radius 2 is 1.66 bits per heavy atom. The van der Waals surface area contributed by atoms with Crippen molar-refractivity contribution in [1.29, 1.82) is 0 Å². The summed E-state index contributed by atoms with van der Waals surface area (Å²) >= 11 is 0. The molecule has 6 heteroatoms. The molecule has 2 saturated heterocycles. The van der Waals surface area contributed by atoms with E-state index in [1.54, 1.807) is 6.07 Å². The zero-order valence-electron chi connectivity index (χ0n) is 16.2. The molecule has 1 N–H and O–H groups in total. The molecule has 1 spiro atoms. The number of carbonyl (C=O) groups is 1. The van der Waals surface area contributed by atoms with Crippen molar-refractivity contribution in [1.82, 2.24) is 10.2 Å². The smallest absolute Gasteiger partial charge is 0.337 e. The van der Waals surface area contributed by atoms with Gasteiger partial charge in [-0.05, 0) is 48.9 Å². The van der Waals surface area contributed by atoms with Crippen molar-refractivity contribution in [2.75, 3.05) is 26.2 Å². The van der Waals surface area contributed by atoms with E-state index in [0.717, 1.165) is 25.1 Å². The van der Waals surface area contributed by atoms with Crippen LogP contribution in [0.3, 0.4) is 0 Å². The summed E-state index contributed by atoms with van der Waals surface area (Å²) in [6, 6.07) is 13.8. The highest BCUT2D eigenvalue weighted by molar-refractivity contribution is 5.85. The summed E-state index contributed by atoms with van der Waals surface area (Å²) in [5.41, 5.74) is 0.742. The van der Waals surface area contributed by atoms with Crippen molar-refractivity contribution in [2.24, 2.45) is 5.41 Å². The van der Waals surface area contributed by atoms with Gasteiger partial charge in [0.1, 0.15) is 5.82 Å². The first-order valence-electron chi connectivity index (χ1n) is 10.1. The van der Waals surface area contributed by atoms with Crippen LogP contribution in [0.1, 0.15) is 36.3 Å². The Morgan fingerprint density at radius 1 is 1.00 bits per heavy atom. The molecular formula is C23H25F3N2O. The average Bonchev–Trinajstić information content (AvgIpc) is 2.75. The molecule has 0 aromatic heterocycles. The molecule has 154 valence electrons. The molecule has 3 nitrogen and oxygen atoms in total. The molecule has 2 aromatic rings. The van der Waals surface area contributed by atoms with Gasteiger partial charge in [-0.2, -0.15) is 8.78 Å². The highest BCUT2D eigenvalue weighted by Gasteiger charge is 2.48. The van der Waals surface area contributed by atoms with Crippen molar-refractivity contribution in [3.05, 3.63) is 71.5 Å². The van der Waals surface area contributed by atoms with Crippen molar-refractivity contribution in [3.63, 3.8) is 0 Å². The van der Waals surface area contributed by atoms with E-state index in [-0.39, 0.29) is 22.7 Å². The van der Waals surface area contributed by atoms with E-state index in [1.165, 1.54) is 41.3 Å². The summed E-state index contributed by atoms with van der Waals surface area (Å²) in [5, 5.41) is 3.40. The van der Waals surface area contributed by atoms with Crippen LogP contribution in [0.4, 0.5) is 13.2 Å². The van der Waals surface area contributed by atoms with E-state index < -0.39 is 11.8 Å². The quantitative estimate of drug-likeness (QED) is 0.830. The molecule has 0 aliphatic carbocycles. The molecule has 1 atom stereocenters. The molecule has 2 aromatic carbocycles. The lowest BCUT2D eigenvalue weighted by Gasteiger charge is -2.50. The molecule has 4 rings (SSSR count). The maximum atomic E-state index is 14.7. The lowest BCUT2D eigenvalue weighted by molar-refractivity contribution is -0.162. The third-order valence-corrected chi connectivity index (χ3v) is 6.61. The number of hydrogen-bond acceptors (Lipinski definition) is 2. The molecule has 0 unspecified atom stereocenters. The van der Waals surface area contributed by atoms with E-state index in [4.69, 9.17) is 0 Å². The van der Waals surface area contributed by atoms with E-state index in [2.05, 4.69) is 5.32 Å². The second-order valence-electron chi connectivity index (χ2n) is 8.15. The number of benzene rings is 2. The summed E-state index contributed by atoms with van der Waals surface area (Å²) in [7, 11) is 0. The van der Waals surface area contributed by atoms with Crippen LogP contribution in [-0.4, -0.2) is 37.0 Å². The molecular weight excluding hydrogens is 377 g/mol. The topological polar surface area (TPSA) is 32.3 Å². The van der Waals surface area contributed by atoms with Crippen molar-refractivity contribution in [2.45, 2.75) is 31.1 Å². The first-order chi connectivity index (χ1) is 13.9. The van der Waals surface area contributed by atoms with Crippen LogP contribution in [-0.2, 0) is 10.7 Å². The van der Waals surface area contributed by atoms with Gasteiger partial charge in [0, 0.05) is 31.1 Å². The summed E-state index contributed by atoms with van der Waals surface area (Å²) in [6.07, 6.45) is 2.27. The normalized spacial score (nSPS) is 21.9. The number of nitrogens with zero attached hydrogens (tertiary/aromatic N) is 1. The number of hydrogen-bond donors (Lipinski definition) is 1. The molecule has 29 heavy (non-hydrogen) atoms. The number of carbonyl (C=O) groups excluding carboxylic acids is 1. The van der Waals surface area contributed by atoms with Gasteiger partial charge in [0.2, 0.25) is 0 Å². The van der Waals surface area contributed by atoms with E-state index >= 15 is 0 Å². The van der Waals surface area contributed by atoms with Gasteiger partial charge in [-0.1, -0.05) is 42.5 Å². The largest absolute Gasteiger partial charge is 0.349 e. The van der Waals surface area contributed by atoms with Crippen LogP contribution in [0.25, 0.3) is 0 Å². The van der Waals surface area contributed by atoms with E-state index in [0.29, 0.717) is 25.9 Å². The van der Waals surface area contributed by atoms with Crippen molar-refractivity contribution in [3.8, 4) is 0 Å². The predicted octanol–water partition coefficient (Wildman–Crippen LogP) is 4.30. The molecule has 2 aliphatic rings. The Morgan fingerprint density at radius 3 is 2.31 bits per heavy atom. The van der Waals surface area contributed by atoms with Gasteiger partial charge in [0.25, 0.3) is 5.91 Å². The second kappa shape index (κ2) is 7.82. The minimum Gasteiger partial charge on any atom is -0.337 e. The van der Waals surface area contributed by atoms with Crippen LogP contribution in [0.5, 0.6) is 0 Å². The average molecular weight is 402 g/mol. The number of alkyl halides is 2. The van der Waals surface area contributed by atoms with Gasteiger partial charge in [-0.15, -0.1) is 0 Å². The SMILES string of the molecule is O=C(N1CCC2(CCNC[C@H]2c2ccc(F)cc2)CC1)C(F)(F)c1ccccc1. The lowest BCUT2D eigenvalue weighted by Crippen LogP contribution is -2.53. The Hall–Kier alpha value is -2.34. The minimum atomic E-state index is -3.52. The Balaban J connectivity index is 1.50. The fourth-order valence-electron chi connectivity index (χ4n) is 4.86. The number of halogens is 3. The van der Waals surface area contributed by atoms with Gasteiger partial charge in [0.05, 0.1) is 0 Å². The first-order valence-corrected chi connectivity index (χ1v) is 10.1. The van der Waals surface area contributed by atoms with Gasteiger partial charge in [-0.3, -0.25) is 4.79 Å². The van der Waals surface area contributed by atoms with Gasteiger partial charge in [-0.25, -0.2) is 4.39 Å². The van der Waals surface area contributed by atoms with Crippen molar-refractivity contribution < 1.29 is 18.0 Å². The molecule has 2 fully saturated rings. The molecule has 2 heterocycles. The number of piperidine rings is 2. The second-order valence-corrected chi connectivity index (χ2v) is 8.15. The van der Waals surface area contributed by atoms with E-state index in [9.17, 15) is 18.0 Å². The zero-order valence-corrected chi connectivity index (χ0v) is 16.2. The first kappa shape index (κ1) is 20.0. The standard InChI is InChI=1S/C23H25F3N2O/c24-19-8-6-17(7-9-19)20-16-27-13-10-22(20)11-14-28(15-12-22)21(29)23(25,26)18-4-2-1-3-5-18/h1-9,20,27H,10-16H2/t20-/m0/s1. The van der Waals surface area contributed by atoms with Gasteiger partial charge in [0.15, 0.2) is 0 Å². The van der Waals surface area contributed by atoms with Crippen LogP contribution in [0.15, 0.2) is 54.6 Å². The Bertz CT molecular complexity index is 846. The summed E-state index contributed by atoms with van der Waals surface area (Å²) in [4.78, 5) is 13.9. The van der Waals surface area contributed by atoms with Crippen LogP contribution < -0.4 is 5.32 Å². The lowest BCUT2D eigenvalue weighted by atomic mass is 9.62. The maximum absolute atomic E-state index is 14.7. The number of likely N-dealkylation sites (tertiary alicyclic amines) is 1.